The Kier molecular flexibility index (Phi) is 7.90. The Morgan fingerprint density at radius 1 is 0.778 bits per heavy atom. The van der Waals surface area contributed by atoms with Crippen LogP contribution in [0.3, 0.4) is 0 Å². The van der Waals surface area contributed by atoms with Crippen LogP contribution in [0.2, 0.25) is 0 Å². The lowest BCUT2D eigenvalue weighted by Crippen LogP contribution is -2.50. The average Bonchev–Trinajstić information content (AvgIpc) is 2.83. The quantitative estimate of drug-likeness (QED) is 0.322. The molecule has 0 radical (unpaired) electrons. The highest BCUT2D eigenvalue weighted by molar-refractivity contribution is 5.82. The predicted octanol–water partition coefficient (Wildman–Crippen LogP) is 4.75. The van der Waals surface area contributed by atoms with E-state index in [1.807, 2.05) is 56.3 Å². The third kappa shape index (κ3) is 6.39. The molecule has 2 aromatic rings. The summed E-state index contributed by atoms with van der Waals surface area (Å²) in [5, 5.41) is 0. The SMILES string of the molecule is C[C@@H]1CCOC(C)(C(=O)Oc2cc(/C=C/c3ccccc3)cc(OC(=O)C3(C)OCC[C@@H](C)O3)c2)O1. The molecule has 2 fully saturated rings. The van der Waals surface area contributed by atoms with Gasteiger partial charge in [-0.15, -0.1) is 0 Å². The first kappa shape index (κ1) is 26.0. The third-order valence-corrected chi connectivity index (χ3v) is 5.99. The van der Waals surface area contributed by atoms with Crippen LogP contribution in [-0.4, -0.2) is 48.9 Å². The van der Waals surface area contributed by atoms with Crippen molar-refractivity contribution in [2.75, 3.05) is 13.2 Å². The van der Waals surface area contributed by atoms with Crippen LogP contribution in [0.4, 0.5) is 0 Å². The highest BCUT2D eigenvalue weighted by atomic mass is 16.7. The standard InChI is InChI=1S/C28H32O8/c1-19-12-14-31-27(3,35-19)25(29)33-23-16-22(11-10-21-8-6-5-7-9-21)17-24(18-23)34-26(30)28(4)32-15-13-20(2)36-28/h5-11,16-20H,12-15H2,1-4H3/b11-10+/t19-,20-,27?,28?/m1/s1. The van der Waals surface area contributed by atoms with Gasteiger partial charge in [0, 0.05) is 19.9 Å². The molecule has 0 aliphatic carbocycles. The number of esters is 2. The third-order valence-electron chi connectivity index (χ3n) is 5.99. The fraction of sp³-hybridized carbons (Fsp3) is 0.429. The van der Waals surface area contributed by atoms with Crippen LogP contribution < -0.4 is 9.47 Å². The lowest BCUT2D eigenvalue weighted by molar-refractivity contribution is -0.274. The molecule has 0 aromatic heterocycles. The molecule has 4 atom stereocenters. The highest BCUT2D eigenvalue weighted by Gasteiger charge is 2.43. The molecular formula is C28H32O8. The van der Waals surface area contributed by atoms with Gasteiger partial charge < -0.3 is 28.4 Å². The van der Waals surface area contributed by atoms with Crippen molar-refractivity contribution in [1.29, 1.82) is 0 Å². The molecular weight excluding hydrogens is 464 g/mol. The fourth-order valence-electron chi connectivity index (χ4n) is 3.97. The maximum atomic E-state index is 13.0. The Morgan fingerprint density at radius 2 is 1.25 bits per heavy atom. The number of carbonyl (C=O) groups excluding carboxylic acids is 2. The summed E-state index contributed by atoms with van der Waals surface area (Å²) >= 11 is 0. The van der Waals surface area contributed by atoms with E-state index in [1.54, 1.807) is 12.1 Å². The number of hydrogen-bond donors (Lipinski definition) is 0. The van der Waals surface area contributed by atoms with Crippen LogP contribution in [0.15, 0.2) is 48.5 Å². The first-order valence-corrected chi connectivity index (χ1v) is 12.1. The average molecular weight is 497 g/mol. The van der Waals surface area contributed by atoms with Gasteiger partial charge in [0.2, 0.25) is 0 Å². The maximum absolute atomic E-state index is 13.0. The second-order valence-electron chi connectivity index (χ2n) is 9.28. The minimum atomic E-state index is -1.53. The predicted molar refractivity (Wildman–Crippen MR) is 132 cm³/mol. The van der Waals surface area contributed by atoms with E-state index in [-0.39, 0.29) is 23.7 Å². The zero-order valence-corrected chi connectivity index (χ0v) is 21.0. The van der Waals surface area contributed by atoms with E-state index in [1.165, 1.54) is 19.9 Å². The van der Waals surface area contributed by atoms with Gasteiger partial charge in [0.25, 0.3) is 11.6 Å². The van der Waals surface area contributed by atoms with E-state index in [2.05, 4.69) is 0 Å². The normalized spacial score (nSPS) is 28.6. The Labute approximate surface area is 211 Å². The highest BCUT2D eigenvalue weighted by Crippen LogP contribution is 2.31. The molecule has 2 saturated heterocycles. The number of carbonyl (C=O) groups is 2. The smallest absolute Gasteiger partial charge is 0.371 e. The van der Waals surface area contributed by atoms with Crippen molar-refractivity contribution < 1.29 is 38.0 Å². The summed E-state index contributed by atoms with van der Waals surface area (Å²) in [7, 11) is 0. The van der Waals surface area contributed by atoms with Gasteiger partial charge in [-0.25, -0.2) is 9.59 Å². The van der Waals surface area contributed by atoms with Crippen molar-refractivity contribution in [3.63, 3.8) is 0 Å². The zero-order chi connectivity index (χ0) is 25.8. The van der Waals surface area contributed by atoms with Crippen LogP contribution in [0.5, 0.6) is 11.5 Å². The molecule has 0 N–H and O–H groups in total. The molecule has 2 aromatic carbocycles. The molecule has 0 spiro atoms. The van der Waals surface area contributed by atoms with Gasteiger partial charge in [-0.1, -0.05) is 42.5 Å². The van der Waals surface area contributed by atoms with E-state index in [0.717, 1.165) is 5.56 Å². The summed E-state index contributed by atoms with van der Waals surface area (Å²) in [4.78, 5) is 25.9. The molecule has 2 heterocycles. The first-order valence-electron chi connectivity index (χ1n) is 12.1. The first-order chi connectivity index (χ1) is 17.1. The molecule has 8 nitrogen and oxygen atoms in total. The number of rotatable bonds is 6. The second kappa shape index (κ2) is 10.9. The van der Waals surface area contributed by atoms with Crippen LogP contribution in [0.1, 0.15) is 51.7 Å². The summed E-state index contributed by atoms with van der Waals surface area (Å²) < 4.78 is 33.8. The van der Waals surface area contributed by atoms with Crippen LogP contribution in [-0.2, 0) is 28.5 Å². The Balaban J connectivity index is 1.59. The lowest BCUT2D eigenvalue weighted by atomic mass is 10.1. The van der Waals surface area contributed by atoms with Crippen molar-refractivity contribution in [3.05, 3.63) is 59.7 Å². The fourth-order valence-corrected chi connectivity index (χ4v) is 3.97. The van der Waals surface area contributed by atoms with Gasteiger partial charge in [0.1, 0.15) is 11.5 Å². The van der Waals surface area contributed by atoms with Crippen LogP contribution in [0.25, 0.3) is 12.2 Å². The minimum Gasteiger partial charge on any atom is -0.422 e. The Morgan fingerprint density at radius 3 is 1.72 bits per heavy atom. The summed E-state index contributed by atoms with van der Waals surface area (Å²) in [5.74, 6) is -4.11. The van der Waals surface area contributed by atoms with Gasteiger partial charge >= 0.3 is 11.9 Å². The molecule has 4 rings (SSSR count). The van der Waals surface area contributed by atoms with E-state index < -0.39 is 23.5 Å². The maximum Gasteiger partial charge on any atom is 0.371 e. The zero-order valence-electron chi connectivity index (χ0n) is 21.0. The molecule has 0 saturated carbocycles. The molecule has 2 aliphatic heterocycles. The van der Waals surface area contributed by atoms with Crippen LogP contribution in [0, 0.1) is 0 Å². The summed E-state index contributed by atoms with van der Waals surface area (Å²) in [6.45, 7) is 7.57. The largest absolute Gasteiger partial charge is 0.422 e. The summed E-state index contributed by atoms with van der Waals surface area (Å²) in [6, 6.07) is 14.5. The molecule has 0 amide bonds. The van der Waals surface area contributed by atoms with Gasteiger partial charge in [0.15, 0.2) is 0 Å². The van der Waals surface area contributed by atoms with Crippen molar-refractivity contribution in [3.8, 4) is 11.5 Å². The molecule has 2 unspecified atom stereocenters. The molecule has 8 heteroatoms. The minimum absolute atomic E-state index is 0.147. The van der Waals surface area contributed by atoms with E-state index >= 15 is 0 Å². The summed E-state index contributed by atoms with van der Waals surface area (Å²) in [6.07, 6.45) is 4.81. The van der Waals surface area contributed by atoms with Crippen molar-refractivity contribution in [2.45, 2.75) is 64.3 Å². The monoisotopic (exact) mass is 496 g/mol. The van der Waals surface area contributed by atoms with E-state index in [0.29, 0.717) is 31.6 Å². The van der Waals surface area contributed by atoms with Gasteiger partial charge in [-0.3, -0.25) is 0 Å². The van der Waals surface area contributed by atoms with Gasteiger partial charge in [0.05, 0.1) is 25.4 Å². The van der Waals surface area contributed by atoms with E-state index in [4.69, 9.17) is 28.4 Å². The lowest BCUT2D eigenvalue weighted by Gasteiger charge is -2.35. The van der Waals surface area contributed by atoms with Crippen molar-refractivity contribution in [1.82, 2.24) is 0 Å². The van der Waals surface area contributed by atoms with Crippen molar-refractivity contribution >= 4 is 24.1 Å². The van der Waals surface area contributed by atoms with Gasteiger partial charge in [-0.2, -0.15) is 0 Å². The molecule has 0 bridgehead atoms. The second-order valence-corrected chi connectivity index (χ2v) is 9.28. The Hall–Kier alpha value is -3.04. The van der Waals surface area contributed by atoms with E-state index in [9.17, 15) is 9.59 Å². The molecule has 2 aliphatic rings. The Bertz CT molecular complexity index is 1050. The number of ether oxygens (including phenoxy) is 6. The molecule has 192 valence electrons. The van der Waals surface area contributed by atoms with Crippen molar-refractivity contribution in [2.24, 2.45) is 0 Å². The summed E-state index contributed by atoms with van der Waals surface area (Å²) in [5.41, 5.74) is 1.63. The molecule has 36 heavy (non-hydrogen) atoms. The van der Waals surface area contributed by atoms with Gasteiger partial charge in [-0.05, 0) is 49.9 Å². The number of benzene rings is 2. The number of hydrogen-bond acceptors (Lipinski definition) is 8. The van der Waals surface area contributed by atoms with Crippen LogP contribution >= 0.6 is 0 Å². The topological polar surface area (TPSA) is 89.5 Å².